The number of carbonyl (C=O) groups is 2. The number of anilines is 1. The quantitative estimate of drug-likeness (QED) is 0.468. The number of hydrogen-bond donors (Lipinski definition) is 1. The van der Waals surface area contributed by atoms with E-state index in [1.54, 1.807) is 51.5 Å². The van der Waals surface area contributed by atoms with Gasteiger partial charge in [0.1, 0.15) is 22.4 Å². The van der Waals surface area contributed by atoms with Crippen molar-refractivity contribution in [3.8, 4) is 23.2 Å². The number of imide groups is 1. The molecule has 2 aromatic rings. The molecule has 0 saturated carbocycles. The van der Waals surface area contributed by atoms with Gasteiger partial charge in [0.2, 0.25) is 0 Å². The summed E-state index contributed by atoms with van der Waals surface area (Å²) in [4.78, 5) is 33.5. The maximum atomic E-state index is 12.3. The van der Waals surface area contributed by atoms with E-state index in [4.69, 9.17) is 4.74 Å². The number of hydrazine groups is 1. The van der Waals surface area contributed by atoms with Crippen molar-refractivity contribution in [3.63, 3.8) is 0 Å². The Kier molecular flexibility index (Phi) is 5.33. The molecule has 0 aliphatic carbocycles. The lowest BCUT2D eigenvalue weighted by Crippen LogP contribution is -2.37. The third-order valence-corrected chi connectivity index (χ3v) is 5.04. The first kappa shape index (κ1) is 19.4. The zero-order valence-corrected chi connectivity index (χ0v) is 16.5. The number of methoxy groups -OCH3 is 1. The van der Waals surface area contributed by atoms with Crippen LogP contribution in [0.3, 0.4) is 0 Å². The first-order valence-corrected chi connectivity index (χ1v) is 9.47. The van der Waals surface area contributed by atoms with Gasteiger partial charge in [-0.3, -0.25) is 15.0 Å². The molecule has 28 heavy (non-hydrogen) atoms. The summed E-state index contributed by atoms with van der Waals surface area (Å²) < 4.78 is 5.16. The second-order valence-corrected chi connectivity index (χ2v) is 6.72. The van der Waals surface area contributed by atoms with Crippen molar-refractivity contribution in [2.24, 2.45) is 0 Å². The standard InChI is InChI=1S/C19H17N5O3S/c1-10-11(2)19(26)24(18(10)25)23-16-14(9-20)17(28-4)22-15(21-16)12-5-7-13(27-3)8-6-12/h5-8H,1-4H3,(H,21,22,23). The fourth-order valence-corrected chi connectivity index (χ4v) is 3.12. The van der Waals surface area contributed by atoms with Crippen LogP contribution in [0.1, 0.15) is 19.4 Å². The highest BCUT2D eigenvalue weighted by molar-refractivity contribution is 7.98. The summed E-state index contributed by atoms with van der Waals surface area (Å²) in [6.45, 7) is 3.16. The van der Waals surface area contributed by atoms with Gasteiger partial charge in [0.25, 0.3) is 11.8 Å². The molecule has 0 saturated heterocycles. The second-order valence-electron chi connectivity index (χ2n) is 5.93. The van der Waals surface area contributed by atoms with Crippen LogP contribution in [0.5, 0.6) is 5.75 Å². The number of rotatable bonds is 5. The zero-order valence-electron chi connectivity index (χ0n) is 15.7. The van der Waals surface area contributed by atoms with Crippen LogP contribution >= 0.6 is 11.8 Å². The molecule has 142 valence electrons. The first-order valence-electron chi connectivity index (χ1n) is 8.24. The van der Waals surface area contributed by atoms with E-state index in [-0.39, 0.29) is 11.4 Å². The van der Waals surface area contributed by atoms with Gasteiger partial charge in [-0.05, 0) is 44.4 Å². The first-order chi connectivity index (χ1) is 13.4. The summed E-state index contributed by atoms with van der Waals surface area (Å²) in [6.07, 6.45) is 1.78. The van der Waals surface area contributed by atoms with Crippen molar-refractivity contribution in [2.45, 2.75) is 18.9 Å². The summed E-state index contributed by atoms with van der Waals surface area (Å²) in [5.74, 6) is 0.195. The number of carbonyl (C=O) groups excluding carboxylic acids is 2. The molecule has 3 rings (SSSR count). The molecule has 0 spiro atoms. The normalized spacial score (nSPS) is 13.8. The van der Waals surface area contributed by atoms with Crippen molar-refractivity contribution in [2.75, 3.05) is 18.8 Å². The molecule has 1 aliphatic rings. The van der Waals surface area contributed by atoms with E-state index in [2.05, 4.69) is 15.4 Å². The molecule has 9 heteroatoms. The molecule has 1 aromatic heterocycles. The van der Waals surface area contributed by atoms with Crippen LogP contribution in [0.4, 0.5) is 5.82 Å². The molecular formula is C19H17N5O3S. The predicted molar refractivity (Wildman–Crippen MR) is 104 cm³/mol. The largest absolute Gasteiger partial charge is 0.497 e. The third kappa shape index (κ3) is 3.30. The van der Waals surface area contributed by atoms with E-state index in [1.165, 1.54) is 11.8 Å². The van der Waals surface area contributed by atoms with Crippen molar-refractivity contribution in [1.29, 1.82) is 5.26 Å². The summed E-state index contributed by atoms with van der Waals surface area (Å²) in [5, 5.41) is 10.9. The van der Waals surface area contributed by atoms with Gasteiger partial charge in [0.05, 0.1) is 7.11 Å². The maximum Gasteiger partial charge on any atom is 0.275 e. The van der Waals surface area contributed by atoms with E-state index in [0.717, 1.165) is 5.01 Å². The minimum absolute atomic E-state index is 0.0943. The van der Waals surface area contributed by atoms with E-state index in [1.807, 2.05) is 6.07 Å². The summed E-state index contributed by atoms with van der Waals surface area (Å²) in [5.41, 5.74) is 4.28. The fourth-order valence-electron chi connectivity index (χ4n) is 2.59. The number of ether oxygens (including phenoxy) is 1. The Bertz CT molecular complexity index is 1020. The van der Waals surface area contributed by atoms with Crippen LogP contribution in [-0.2, 0) is 9.59 Å². The van der Waals surface area contributed by atoms with E-state index >= 15 is 0 Å². The Balaban J connectivity index is 2.06. The topological polar surface area (TPSA) is 108 Å². The van der Waals surface area contributed by atoms with Gasteiger partial charge >= 0.3 is 0 Å². The highest BCUT2D eigenvalue weighted by atomic mass is 32.2. The molecule has 0 bridgehead atoms. The molecule has 2 amide bonds. The SMILES string of the molecule is COc1ccc(-c2nc(NN3C(=O)C(C)=C(C)C3=O)c(C#N)c(SC)n2)cc1. The fraction of sp³-hybridized carbons (Fsp3) is 0.211. The number of hydrogen-bond acceptors (Lipinski definition) is 8. The molecule has 0 unspecified atom stereocenters. The maximum absolute atomic E-state index is 12.3. The van der Waals surface area contributed by atoms with E-state index in [9.17, 15) is 14.9 Å². The van der Waals surface area contributed by atoms with Crippen LogP contribution in [0.25, 0.3) is 11.4 Å². The minimum atomic E-state index is -0.471. The number of aromatic nitrogens is 2. The van der Waals surface area contributed by atoms with Gasteiger partial charge < -0.3 is 4.74 Å². The molecule has 1 aliphatic heterocycles. The van der Waals surface area contributed by atoms with Gasteiger partial charge in [-0.2, -0.15) is 10.3 Å². The molecule has 8 nitrogen and oxygen atoms in total. The monoisotopic (exact) mass is 395 g/mol. The number of nitrogens with zero attached hydrogens (tertiary/aromatic N) is 4. The van der Waals surface area contributed by atoms with E-state index in [0.29, 0.717) is 33.3 Å². The Labute approximate surface area is 166 Å². The number of nitrogens with one attached hydrogen (secondary N) is 1. The summed E-state index contributed by atoms with van der Waals surface area (Å²) >= 11 is 1.27. The summed E-state index contributed by atoms with van der Waals surface area (Å²) in [7, 11) is 1.57. The number of nitriles is 1. The molecule has 1 N–H and O–H groups in total. The molecule has 1 aromatic carbocycles. The van der Waals surface area contributed by atoms with Crippen LogP contribution in [0.2, 0.25) is 0 Å². The lowest BCUT2D eigenvalue weighted by atomic mass is 10.2. The lowest BCUT2D eigenvalue weighted by Gasteiger charge is -2.18. The third-order valence-electron chi connectivity index (χ3n) is 4.36. The van der Waals surface area contributed by atoms with Gasteiger partial charge in [-0.15, -0.1) is 11.8 Å². The Morgan fingerprint density at radius 3 is 2.21 bits per heavy atom. The van der Waals surface area contributed by atoms with Crippen molar-refractivity contribution in [3.05, 3.63) is 41.0 Å². The average molecular weight is 395 g/mol. The van der Waals surface area contributed by atoms with Crippen LogP contribution in [0, 0.1) is 11.3 Å². The van der Waals surface area contributed by atoms with Crippen molar-refractivity contribution < 1.29 is 14.3 Å². The lowest BCUT2D eigenvalue weighted by molar-refractivity contribution is -0.135. The molecule has 0 fully saturated rings. The highest BCUT2D eigenvalue weighted by Gasteiger charge is 2.34. The Morgan fingerprint density at radius 2 is 1.71 bits per heavy atom. The molecule has 0 atom stereocenters. The molecule has 0 radical (unpaired) electrons. The Hall–Kier alpha value is -3.38. The zero-order chi connectivity index (χ0) is 20.4. The van der Waals surface area contributed by atoms with Gasteiger partial charge in [-0.1, -0.05) is 0 Å². The molecular weight excluding hydrogens is 378 g/mol. The van der Waals surface area contributed by atoms with Gasteiger partial charge in [-0.25, -0.2) is 9.97 Å². The second kappa shape index (κ2) is 7.70. The van der Waals surface area contributed by atoms with Crippen molar-refractivity contribution in [1.82, 2.24) is 15.0 Å². The Morgan fingerprint density at radius 1 is 1.11 bits per heavy atom. The predicted octanol–water partition coefficient (Wildman–Crippen LogP) is 2.78. The highest BCUT2D eigenvalue weighted by Crippen LogP contribution is 2.29. The van der Waals surface area contributed by atoms with Gasteiger partial charge in [0, 0.05) is 16.7 Å². The smallest absolute Gasteiger partial charge is 0.275 e. The minimum Gasteiger partial charge on any atom is -0.497 e. The molecule has 2 heterocycles. The van der Waals surface area contributed by atoms with Crippen LogP contribution < -0.4 is 10.2 Å². The van der Waals surface area contributed by atoms with Gasteiger partial charge in [0.15, 0.2) is 11.6 Å². The number of amides is 2. The number of benzene rings is 1. The summed E-state index contributed by atoms with van der Waals surface area (Å²) in [6, 6.07) is 9.16. The van der Waals surface area contributed by atoms with E-state index < -0.39 is 11.8 Å². The van der Waals surface area contributed by atoms with Crippen LogP contribution in [0.15, 0.2) is 40.4 Å². The number of thioether (sulfide) groups is 1. The van der Waals surface area contributed by atoms with Crippen LogP contribution in [-0.4, -0.2) is 40.2 Å². The average Bonchev–Trinajstić information content (AvgIpc) is 2.91. The van der Waals surface area contributed by atoms with Crippen molar-refractivity contribution >= 4 is 29.4 Å².